The number of rotatable bonds is 2. The van der Waals surface area contributed by atoms with Gasteiger partial charge < -0.3 is 10.2 Å². The van der Waals surface area contributed by atoms with Crippen LogP contribution >= 0.6 is 0 Å². The standard InChI is InChI=1S/C3H6O3.C2H3F/c4-1-3(6)2-5;1-2-3/h4-5H,1-2H2;2H,1H2. The van der Waals surface area contributed by atoms with Crippen molar-refractivity contribution in [1.82, 2.24) is 0 Å². The maximum atomic E-state index is 10.1. The lowest BCUT2D eigenvalue weighted by atomic mass is 10.5. The Balaban J connectivity index is 0. The van der Waals surface area contributed by atoms with E-state index in [1.54, 1.807) is 0 Å². The molecule has 0 rings (SSSR count). The molecule has 0 atom stereocenters. The molecule has 0 radical (unpaired) electrons. The van der Waals surface area contributed by atoms with E-state index in [-0.39, 0.29) is 6.33 Å². The Morgan fingerprint density at radius 3 is 1.78 bits per heavy atom. The molecule has 0 fully saturated rings. The average molecular weight is 136 g/mol. The van der Waals surface area contributed by atoms with E-state index in [9.17, 15) is 9.18 Å². The molecule has 0 spiro atoms. The Labute approximate surface area is 52.4 Å². The first kappa shape index (κ1) is 11.1. The van der Waals surface area contributed by atoms with E-state index in [4.69, 9.17) is 10.2 Å². The number of halogens is 1. The van der Waals surface area contributed by atoms with E-state index in [2.05, 4.69) is 6.58 Å². The molecule has 9 heavy (non-hydrogen) atoms. The molecular formula is C5H9FO3. The highest BCUT2D eigenvalue weighted by atomic mass is 19.1. The van der Waals surface area contributed by atoms with Crippen LogP contribution in [0.5, 0.6) is 0 Å². The zero-order valence-corrected chi connectivity index (χ0v) is 4.88. The molecule has 0 amide bonds. The number of Topliss-reactive ketones (excluding diaryl/α,β-unsaturated/α-hetero) is 1. The summed E-state index contributed by atoms with van der Waals surface area (Å²) in [4.78, 5) is 9.68. The zero-order valence-electron chi connectivity index (χ0n) is 4.88. The largest absolute Gasteiger partial charge is 0.388 e. The normalized spacial score (nSPS) is 7.00. The SMILES string of the molecule is C=CF.O=C(CO)CO. The quantitative estimate of drug-likeness (QED) is 0.545. The summed E-state index contributed by atoms with van der Waals surface area (Å²) in [6.07, 6.45) is 0.250. The van der Waals surface area contributed by atoms with Crippen molar-refractivity contribution in [3.8, 4) is 0 Å². The molecule has 2 N–H and O–H groups in total. The topological polar surface area (TPSA) is 57.5 Å². The third kappa shape index (κ3) is 18.9. The first-order valence-corrected chi connectivity index (χ1v) is 2.17. The molecule has 0 aliphatic rings. The van der Waals surface area contributed by atoms with Gasteiger partial charge in [-0.25, -0.2) is 4.39 Å². The summed E-state index contributed by atoms with van der Waals surface area (Å²) in [6, 6.07) is 0. The maximum absolute atomic E-state index is 10.1. The van der Waals surface area contributed by atoms with Crippen LogP contribution in [-0.4, -0.2) is 29.2 Å². The molecule has 0 aromatic carbocycles. The van der Waals surface area contributed by atoms with Crippen molar-refractivity contribution in [1.29, 1.82) is 0 Å². The summed E-state index contributed by atoms with van der Waals surface area (Å²) >= 11 is 0. The van der Waals surface area contributed by atoms with E-state index < -0.39 is 19.0 Å². The Bertz CT molecular complexity index is 76.3. The molecule has 3 nitrogen and oxygen atoms in total. The number of hydrogen-bond acceptors (Lipinski definition) is 3. The minimum absolute atomic E-state index is 0.250. The molecule has 4 heteroatoms. The summed E-state index contributed by atoms with van der Waals surface area (Å²) in [5, 5.41) is 15.7. The lowest BCUT2D eigenvalue weighted by molar-refractivity contribution is -0.124. The number of carbonyl (C=O) groups excluding carboxylic acids is 1. The van der Waals surface area contributed by atoms with Crippen molar-refractivity contribution in [2.24, 2.45) is 0 Å². The number of aliphatic hydroxyl groups is 2. The van der Waals surface area contributed by atoms with E-state index in [1.807, 2.05) is 0 Å². The van der Waals surface area contributed by atoms with Crippen molar-refractivity contribution in [2.75, 3.05) is 13.2 Å². The third-order valence-corrected chi connectivity index (χ3v) is 0.353. The monoisotopic (exact) mass is 136 g/mol. The molecular weight excluding hydrogens is 127 g/mol. The van der Waals surface area contributed by atoms with Gasteiger partial charge in [0.05, 0.1) is 6.33 Å². The van der Waals surface area contributed by atoms with E-state index in [1.165, 1.54) is 0 Å². The van der Waals surface area contributed by atoms with Crippen molar-refractivity contribution in [3.63, 3.8) is 0 Å². The molecule has 0 unspecified atom stereocenters. The van der Waals surface area contributed by atoms with Gasteiger partial charge in [-0.05, 0) is 0 Å². The Hall–Kier alpha value is -0.740. The van der Waals surface area contributed by atoms with Crippen LogP contribution in [0.25, 0.3) is 0 Å². The highest BCUT2D eigenvalue weighted by molar-refractivity contribution is 5.80. The van der Waals surface area contributed by atoms with Gasteiger partial charge in [0.25, 0.3) is 0 Å². The van der Waals surface area contributed by atoms with Gasteiger partial charge in [0.1, 0.15) is 13.2 Å². The molecule has 0 bridgehead atoms. The Morgan fingerprint density at radius 2 is 1.78 bits per heavy atom. The number of hydrogen-bond donors (Lipinski definition) is 2. The van der Waals surface area contributed by atoms with Crippen LogP contribution in [0.15, 0.2) is 12.9 Å². The van der Waals surface area contributed by atoms with E-state index in [0.717, 1.165) is 0 Å². The predicted molar refractivity (Wildman–Crippen MR) is 30.5 cm³/mol. The fraction of sp³-hybridized carbons (Fsp3) is 0.400. The number of aliphatic hydroxyl groups excluding tert-OH is 2. The van der Waals surface area contributed by atoms with Crippen molar-refractivity contribution < 1.29 is 19.4 Å². The van der Waals surface area contributed by atoms with E-state index in [0.29, 0.717) is 0 Å². The van der Waals surface area contributed by atoms with Crippen molar-refractivity contribution >= 4 is 5.78 Å². The Kier molecular flexibility index (Phi) is 12.7. The molecule has 0 aliphatic heterocycles. The highest BCUT2D eigenvalue weighted by Gasteiger charge is 1.89. The third-order valence-electron chi connectivity index (χ3n) is 0.353. The summed E-state index contributed by atoms with van der Waals surface area (Å²) < 4.78 is 10.1. The van der Waals surface area contributed by atoms with Gasteiger partial charge in [0.2, 0.25) is 0 Å². The van der Waals surface area contributed by atoms with Gasteiger partial charge in [-0.1, -0.05) is 6.58 Å². The minimum Gasteiger partial charge on any atom is -0.388 e. The number of ketones is 1. The molecule has 0 aromatic rings. The van der Waals surface area contributed by atoms with Crippen LogP contribution in [0.1, 0.15) is 0 Å². The highest BCUT2D eigenvalue weighted by Crippen LogP contribution is 1.59. The first-order valence-electron chi connectivity index (χ1n) is 2.17. The van der Waals surface area contributed by atoms with Gasteiger partial charge in [0, 0.05) is 0 Å². The fourth-order valence-corrected chi connectivity index (χ4v) is 0.0500. The summed E-state index contributed by atoms with van der Waals surface area (Å²) in [5.74, 6) is -0.546. The lowest BCUT2D eigenvalue weighted by Gasteiger charge is -1.81. The number of carbonyl (C=O) groups is 1. The summed E-state index contributed by atoms with van der Waals surface area (Å²) in [5.41, 5.74) is 0. The van der Waals surface area contributed by atoms with Crippen LogP contribution in [0.2, 0.25) is 0 Å². The fourth-order valence-electron chi connectivity index (χ4n) is 0.0500. The van der Waals surface area contributed by atoms with Crippen molar-refractivity contribution in [2.45, 2.75) is 0 Å². The second-order valence-corrected chi connectivity index (χ2v) is 1.01. The first-order chi connectivity index (χ1) is 4.22. The van der Waals surface area contributed by atoms with Crippen molar-refractivity contribution in [3.05, 3.63) is 12.9 Å². The molecule has 54 valence electrons. The van der Waals surface area contributed by atoms with Gasteiger partial charge in [0.15, 0.2) is 5.78 Å². The molecule has 0 aromatic heterocycles. The van der Waals surface area contributed by atoms with Crippen LogP contribution in [0, 0.1) is 0 Å². The lowest BCUT2D eigenvalue weighted by Crippen LogP contribution is -2.07. The zero-order chi connectivity index (χ0) is 7.70. The average Bonchev–Trinajstić information content (AvgIpc) is 1.88. The molecule has 0 saturated carbocycles. The summed E-state index contributed by atoms with van der Waals surface area (Å²) in [6.45, 7) is 1.58. The molecule has 0 heterocycles. The molecule has 0 saturated heterocycles. The van der Waals surface area contributed by atoms with Gasteiger partial charge >= 0.3 is 0 Å². The van der Waals surface area contributed by atoms with Crippen LogP contribution < -0.4 is 0 Å². The second-order valence-electron chi connectivity index (χ2n) is 1.01. The van der Waals surface area contributed by atoms with Gasteiger partial charge in [-0.2, -0.15) is 0 Å². The van der Waals surface area contributed by atoms with Crippen LogP contribution in [0.3, 0.4) is 0 Å². The Morgan fingerprint density at radius 1 is 1.56 bits per heavy atom. The smallest absolute Gasteiger partial charge is 0.183 e. The van der Waals surface area contributed by atoms with Crippen LogP contribution in [0.4, 0.5) is 4.39 Å². The molecule has 0 aliphatic carbocycles. The van der Waals surface area contributed by atoms with Gasteiger partial charge in [-0.3, -0.25) is 4.79 Å². The maximum Gasteiger partial charge on any atom is 0.183 e. The minimum atomic E-state index is -0.559. The van der Waals surface area contributed by atoms with Crippen LogP contribution in [-0.2, 0) is 4.79 Å². The van der Waals surface area contributed by atoms with E-state index >= 15 is 0 Å². The summed E-state index contributed by atoms with van der Waals surface area (Å²) in [7, 11) is 0. The predicted octanol–water partition coefficient (Wildman–Crippen LogP) is -0.361. The second kappa shape index (κ2) is 10.3. The van der Waals surface area contributed by atoms with Gasteiger partial charge in [-0.15, -0.1) is 0 Å².